The van der Waals surface area contributed by atoms with Crippen molar-refractivity contribution in [1.29, 1.82) is 5.26 Å². The Morgan fingerprint density at radius 3 is 2.70 bits per heavy atom. The Hall–Kier alpha value is -0.910. The van der Waals surface area contributed by atoms with E-state index >= 15 is 0 Å². The number of hydrogen-bond donors (Lipinski definition) is 0. The molecule has 0 spiro atoms. The molecule has 0 aromatic heterocycles. The van der Waals surface area contributed by atoms with Crippen LogP contribution in [0, 0.1) is 17.2 Å². The third-order valence-corrected chi connectivity index (χ3v) is 1.12. The van der Waals surface area contributed by atoms with E-state index in [4.69, 9.17) is 5.26 Å². The summed E-state index contributed by atoms with van der Waals surface area (Å²) in [6.07, 6.45) is 0.819. The van der Waals surface area contributed by atoms with E-state index in [-0.39, 0.29) is 5.92 Å². The highest BCUT2D eigenvalue weighted by Gasteiger charge is 1.95. The van der Waals surface area contributed by atoms with Crippen molar-refractivity contribution in [3.63, 3.8) is 0 Å². The van der Waals surface area contributed by atoms with Gasteiger partial charge >= 0.3 is 0 Å². The summed E-state index contributed by atoms with van der Waals surface area (Å²) in [6, 6.07) is 2.14. The summed E-state index contributed by atoms with van der Waals surface area (Å²) in [5.74, 6) is 0.107. The fourth-order valence-corrected chi connectivity index (χ4v) is 0.487. The molecule has 0 N–H and O–H groups in total. The lowest BCUT2D eigenvalue weighted by Gasteiger charge is -1.94. The molecule has 0 amide bonds. The van der Waals surface area contributed by atoms with Crippen LogP contribution in [0.1, 0.15) is 20.3 Å². The van der Waals surface area contributed by atoms with Crippen molar-refractivity contribution >= 4 is 0 Å². The third kappa shape index (κ3) is 5.23. The molecule has 0 saturated carbocycles. The van der Waals surface area contributed by atoms with Gasteiger partial charge in [0.2, 0.25) is 0 Å². The molecule has 0 radical (unpaired) electrons. The minimum atomic E-state index is 0.107. The van der Waals surface area contributed by atoms with Crippen molar-refractivity contribution in [3.8, 4) is 6.07 Å². The average Bonchev–Trinajstić information content (AvgIpc) is 1.98. The quantitative estimate of drug-likeness (QED) is 0.549. The average molecular weight is 139 g/mol. The Kier molecular flexibility index (Phi) is 5.65. The second-order valence-electron chi connectivity index (χ2n) is 2.14. The van der Waals surface area contributed by atoms with Crippen LogP contribution in [0.4, 0.5) is 0 Å². The molecule has 10 heavy (non-hydrogen) atoms. The Morgan fingerprint density at radius 1 is 1.50 bits per heavy atom. The first kappa shape index (κ1) is 9.09. The Balaban J connectivity index is 3.21. The minimum Gasteiger partial charge on any atom is -0.198 e. The zero-order valence-corrected chi connectivity index (χ0v) is 6.54. The van der Waals surface area contributed by atoms with Crippen LogP contribution in [0.25, 0.3) is 0 Å². The maximum Gasteiger partial charge on any atom is 0.0653 e. The highest BCUT2D eigenvalue weighted by molar-refractivity contribution is 4.78. The van der Waals surface area contributed by atoms with E-state index < -0.39 is 0 Å². The summed E-state index contributed by atoms with van der Waals surface area (Å²) in [7, 11) is 0. The smallest absolute Gasteiger partial charge is 0.0653 e. The van der Waals surface area contributed by atoms with E-state index in [0.717, 1.165) is 13.0 Å². The lowest BCUT2D eigenvalue weighted by atomic mass is 10.1. The van der Waals surface area contributed by atoms with Gasteiger partial charge in [0.05, 0.1) is 19.2 Å². The fraction of sp³-hybridized carbons (Fsp3) is 0.857. The number of nitrogens with zero attached hydrogens (tertiary/aromatic N) is 3. The Bertz CT molecular complexity index is 134. The number of nitriles is 1. The molecule has 3 heteroatoms. The van der Waals surface area contributed by atoms with E-state index in [1.807, 2.05) is 13.8 Å². The van der Waals surface area contributed by atoms with Gasteiger partial charge < -0.3 is 0 Å². The van der Waals surface area contributed by atoms with Crippen LogP contribution in [-0.2, 0) is 0 Å². The van der Waals surface area contributed by atoms with Crippen LogP contribution in [-0.4, -0.2) is 13.1 Å². The second-order valence-corrected chi connectivity index (χ2v) is 2.14. The molecule has 1 atom stereocenters. The first-order valence-electron chi connectivity index (χ1n) is 3.54. The van der Waals surface area contributed by atoms with Crippen LogP contribution in [0.15, 0.2) is 10.2 Å². The number of hydrogen-bond acceptors (Lipinski definition) is 3. The molecule has 0 heterocycles. The zero-order valence-electron chi connectivity index (χ0n) is 6.54. The Morgan fingerprint density at radius 2 is 2.20 bits per heavy atom. The van der Waals surface area contributed by atoms with Crippen LogP contribution in [0.5, 0.6) is 0 Å². The van der Waals surface area contributed by atoms with Crippen LogP contribution in [0.3, 0.4) is 0 Å². The van der Waals surface area contributed by atoms with Crippen molar-refractivity contribution in [2.24, 2.45) is 16.1 Å². The van der Waals surface area contributed by atoms with E-state index in [1.54, 1.807) is 0 Å². The molecule has 0 aromatic rings. The van der Waals surface area contributed by atoms with Crippen molar-refractivity contribution in [2.75, 3.05) is 13.1 Å². The SMILES string of the molecule is CCN=NCCC(C)C#N. The van der Waals surface area contributed by atoms with Gasteiger partial charge in [-0.2, -0.15) is 15.5 Å². The molecule has 0 rings (SSSR count). The zero-order chi connectivity index (χ0) is 7.82. The highest BCUT2D eigenvalue weighted by atomic mass is 15.1. The highest BCUT2D eigenvalue weighted by Crippen LogP contribution is 1.98. The van der Waals surface area contributed by atoms with Crippen LogP contribution in [0.2, 0.25) is 0 Å². The first-order valence-corrected chi connectivity index (χ1v) is 3.54. The van der Waals surface area contributed by atoms with Crippen LogP contribution < -0.4 is 0 Å². The van der Waals surface area contributed by atoms with Gasteiger partial charge in [-0.15, -0.1) is 0 Å². The molecular weight excluding hydrogens is 126 g/mol. The molecule has 3 nitrogen and oxygen atoms in total. The van der Waals surface area contributed by atoms with Gasteiger partial charge in [-0.05, 0) is 20.3 Å². The molecule has 0 fully saturated rings. The number of azo groups is 1. The predicted molar refractivity (Wildman–Crippen MR) is 39.7 cm³/mol. The summed E-state index contributed by atoms with van der Waals surface area (Å²) >= 11 is 0. The van der Waals surface area contributed by atoms with Crippen molar-refractivity contribution in [2.45, 2.75) is 20.3 Å². The van der Waals surface area contributed by atoms with Gasteiger partial charge in [0.1, 0.15) is 0 Å². The molecule has 0 aliphatic heterocycles. The van der Waals surface area contributed by atoms with E-state index in [0.29, 0.717) is 6.54 Å². The molecule has 0 bridgehead atoms. The van der Waals surface area contributed by atoms with E-state index in [9.17, 15) is 0 Å². The van der Waals surface area contributed by atoms with Crippen LogP contribution >= 0.6 is 0 Å². The lowest BCUT2D eigenvalue weighted by molar-refractivity contribution is 0.653. The molecule has 0 aliphatic rings. The lowest BCUT2D eigenvalue weighted by Crippen LogP contribution is -1.91. The standard InChI is InChI=1S/C7H13N3/c1-3-9-10-5-4-7(2)6-8/h7H,3-5H2,1-2H3. The summed E-state index contributed by atoms with van der Waals surface area (Å²) < 4.78 is 0. The predicted octanol–water partition coefficient (Wildman–Crippen LogP) is 2.01. The van der Waals surface area contributed by atoms with Gasteiger partial charge in [0.15, 0.2) is 0 Å². The molecule has 0 aliphatic carbocycles. The first-order chi connectivity index (χ1) is 4.81. The molecule has 0 aromatic carbocycles. The second kappa shape index (κ2) is 6.21. The van der Waals surface area contributed by atoms with Gasteiger partial charge in [0.25, 0.3) is 0 Å². The Labute approximate surface area is 61.8 Å². The van der Waals surface area contributed by atoms with Gasteiger partial charge in [-0.3, -0.25) is 0 Å². The molecular formula is C7H13N3. The summed E-state index contributed by atoms with van der Waals surface area (Å²) in [5, 5.41) is 16.0. The topological polar surface area (TPSA) is 48.5 Å². The monoisotopic (exact) mass is 139 g/mol. The van der Waals surface area contributed by atoms with Crippen molar-refractivity contribution in [3.05, 3.63) is 0 Å². The summed E-state index contributed by atoms with van der Waals surface area (Å²) in [4.78, 5) is 0. The summed E-state index contributed by atoms with van der Waals surface area (Å²) in [5.41, 5.74) is 0. The van der Waals surface area contributed by atoms with E-state index in [1.165, 1.54) is 0 Å². The molecule has 0 saturated heterocycles. The molecule has 56 valence electrons. The largest absolute Gasteiger partial charge is 0.198 e. The van der Waals surface area contributed by atoms with Gasteiger partial charge in [-0.25, -0.2) is 0 Å². The van der Waals surface area contributed by atoms with Gasteiger partial charge in [0, 0.05) is 5.92 Å². The molecule has 1 unspecified atom stereocenters. The van der Waals surface area contributed by atoms with Crippen molar-refractivity contribution in [1.82, 2.24) is 0 Å². The normalized spacial score (nSPS) is 13.3. The number of rotatable bonds is 4. The summed E-state index contributed by atoms with van der Waals surface area (Å²) in [6.45, 7) is 5.25. The van der Waals surface area contributed by atoms with Crippen molar-refractivity contribution < 1.29 is 0 Å². The van der Waals surface area contributed by atoms with Gasteiger partial charge in [-0.1, -0.05) is 0 Å². The maximum absolute atomic E-state index is 8.37. The fourth-order valence-electron chi connectivity index (χ4n) is 0.487. The van der Waals surface area contributed by atoms with E-state index in [2.05, 4.69) is 16.3 Å². The third-order valence-electron chi connectivity index (χ3n) is 1.12. The minimum absolute atomic E-state index is 0.107. The maximum atomic E-state index is 8.37.